The standard InChI is InChI=1S/C17H35N3O2S.HI/c1-6-14-8-7-9-15(12-14)20-16(18-4)19-13-17(2,3)10-11-23(5,21)22;/h14-15H,6-13H2,1-5H3,(H2,18,19,20);1H. The first kappa shape index (κ1) is 23.9. The third-order valence-electron chi connectivity index (χ3n) is 4.81. The molecule has 1 aliphatic rings. The van der Waals surface area contributed by atoms with Crippen LogP contribution in [-0.2, 0) is 9.84 Å². The smallest absolute Gasteiger partial charge is 0.191 e. The molecule has 1 fully saturated rings. The average Bonchev–Trinajstić information content (AvgIpc) is 2.49. The summed E-state index contributed by atoms with van der Waals surface area (Å²) >= 11 is 0. The molecule has 0 saturated heterocycles. The van der Waals surface area contributed by atoms with Gasteiger partial charge < -0.3 is 10.6 Å². The van der Waals surface area contributed by atoms with Gasteiger partial charge in [0.2, 0.25) is 0 Å². The second-order valence-corrected chi connectivity index (χ2v) is 10.0. The second kappa shape index (κ2) is 10.8. The molecule has 0 aromatic rings. The van der Waals surface area contributed by atoms with E-state index in [-0.39, 0.29) is 35.1 Å². The monoisotopic (exact) mass is 473 g/mol. The Labute approximate surface area is 165 Å². The summed E-state index contributed by atoms with van der Waals surface area (Å²) in [4.78, 5) is 4.32. The number of halogens is 1. The first-order valence-electron chi connectivity index (χ1n) is 8.80. The molecule has 24 heavy (non-hydrogen) atoms. The Bertz CT molecular complexity index is 492. The zero-order valence-electron chi connectivity index (χ0n) is 15.9. The van der Waals surface area contributed by atoms with Crippen LogP contribution in [0, 0.1) is 11.3 Å². The van der Waals surface area contributed by atoms with Gasteiger partial charge in [0.1, 0.15) is 9.84 Å². The third kappa shape index (κ3) is 10.1. The van der Waals surface area contributed by atoms with Gasteiger partial charge in [0.25, 0.3) is 0 Å². The van der Waals surface area contributed by atoms with Crippen LogP contribution >= 0.6 is 24.0 Å². The van der Waals surface area contributed by atoms with Crippen LogP contribution in [0.4, 0.5) is 0 Å². The summed E-state index contributed by atoms with van der Waals surface area (Å²) in [6.45, 7) is 7.16. The summed E-state index contributed by atoms with van der Waals surface area (Å²) in [6.07, 6.45) is 8.25. The molecule has 0 aromatic carbocycles. The first-order valence-corrected chi connectivity index (χ1v) is 10.9. The van der Waals surface area contributed by atoms with Gasteiger partial charge in [-0.25, -0.2) is 8.42 Å². The van der Waals surface area contributed by atoms with Crippen LogP contribution in [0.25, 0.3) is 0 Å². The van der Waals surface area contributed by atoms with Gasteiger partial charge in [0.15, 0.2) is 5.96 Å². The van der Waals surface area contributed by atoms with Crippen molar-refractivity contribution in [1.82, 2.24) is 10.6 Å². The fourth-order valence-electron chi connectivity index (χ4n) is 3.05. The molecule has 7 heteroatoms. The van der Waals surface area contributed by atoms with Gasteiger partial charge in [0, 0.05) is 25.9 Å². The number of nitrogens with one attached hydrogen (secondary N) is 2. The van der Waals surface area contributed by atoms with Crippen molar-refractivity contribution in [2.75, 3.05) is 25.6 Å². The summed E-state index contributed by atoms with van der Waals surface area (Å²) in [6, 6.07) is 0.499. The normalized spacial score (nSPS) is 22.6. The van der Waals surface area contributed by atoms with Gasteiger partial charge in [-0.1, -0.05) is 40.0 Å². The van der Waals surface area contributed by atoms with E-state index < -0.39 is 9.84 Å². The van der Waals surface area contributed by atoms with Crippen LogP contribution < -0.4 is 10.6 Å². The van der Waals surface area contributed by atoms with Crippen LogP contribution in [0.3, 0.4) is 0 Å². The molecule has 5 nitrogen and oxygen atoms in total. The van der Waals surface area contributed by atoms with Crippen LogP contribution in [-0.4, -0.2) is 46.0 Å². The van der Waals surface area contributed by atoms with E-state index >= 15 is 0 Å². The quantitative estimate of drug-likeness (QED) is 0.339. The Hall–Kier alpha value is -0.0500. The Morgan fingerprint density at radius 1 is 1.29 bits per heavy atom. The van der Waals surface area contributed by atoms with Crippen molar-refractivity contribution in [2.45, 2.75) is 65.3 Å². The van der Waals surface area contributed by atoms with E-state index in [4.69, 9.17) is 0 Å². The predicted molar refractivity (Wildman–Crippen MR) is 114 cm³/mol. The van der Waals surface area contributed by atoms with E-state index in [1.54, 1.807) is 7.05 Å². The van der Waals surface area contributed by atoms with Crippen LogP contribution in [0.2, 0.25) is 0 Å². The molecular weight excluding hydrogens is 437 g/mol. The molecule has 2 N–H and O–H groups in total. The van der Waals surface area contributed by atoms with Crippen LogP contribution in [0.5, 0.6) is 0 Å². The van der Waals surface area contributed by atoms with Crippen molar-refractivity contribution in [3.8, 4) is 0 Å². The molecule has 0 aromatic heterocycles. The van der Waals surface area contributed by atoms with E-state index in [9.17, 15) is 8.42 Å². The number of hydrogen-bond acceptors (Lipinski definition) is 3. The summed E-state index contributed by atoms with van der Waals surface area (Å²) in [5.41, 5.74) is -0.0841. The van der Waals surface area contributed by atoms with Crippen molar-refractivity contribution in [3.63, 3.8) is 0 Å². The minimum atomic E-state index is -2.91. The van der Waals surface area contributed by atoms with E-state index in [1.165, 1.54) is 38.4 Å². The summed E-state index contributed by atoms with van der Waals surface area (Å²) in [5.74, 6) is 1.89. The molecule has 0 aliphatic heterocycles. The van der Waals surface area contributed by atoms with Crippen molar-refractivity contribution < 1.29 is 8.42 Å². The fourth-order valence-corrected chi connectivity index (χ4v) is 3.98. The van der Waals surface area contributed by atoms with E-state index in [0.717, 1.165) is 11.9 Å². The number of sulfone groups is 1. The number of rotatable bonds is 7. The molecule has 144 valence electrons. The fraction of sp³-hybridized carbons (Fsp3) is 0.941. The van der Waals surface area contributed by atoms with Gasteiger partial charge in [0.05, 0.1) is 5.75 Å². The molecule has 1 rings (SSSR count). The van der Waals surface area contributed by atoms with Gasteiger partial charge in [-0.05, 0) is 30.6 Å². The number of hydrogen-bond donors (Lipinski definition) is 2. The van der Waals surface area contributed by atoms with Gasteiger partial charge in [-0.3, -0.25) is 4.99 Å². The first-order chi connectivity index (χ1) is 10.6. The summed E-state index contributed by atoms with van der Waals surface area (Å²) in [7, 11) is -1.12. The average molecular weight is 473 g/mol. The van der Waals surface area contributed by atoms with Gasteiger partial charge in [-0.2, -0.15) is 0 Å². The minimum Gasteiger partial charge on any atom is -0.356 e. The molecule has 0 amide bonds. The zero-order chi connectivity index (χ0) is 17.5. The molecule has 1 saturated carbocycles. The van der Waals surface area contributed by atoms with Crippen molar-refractivity contribution in [3.05, 3.63) is 0 Å². The summed E-state index contributed by atoms with van der Waals surface area (Å²) < 4.78 is 22.7. The SMILES string of the molecule is CCC1CCCC(NC(=NC)NCC(C)(C)CCS(C)(=O)=O)C1.I. The highest BCUT2D eigenvalue weighted by molar-refractivity contribution is 14.0. The Morgan fingerprint density at radius 2 is 1.96 bits per heavy atom. The molecule has 0 heterocycles. The maximum Gasteiger partial charge on any atom is 0.191 e. The van der Waals surface area contributed by atoms with Crippen molar-refractivity contribution in [1.29, 1.82) is 0 Å². The summed E-state index contributed by atoms with van der Waals surface area (Å²) in [5, 5.41) is 6.91. The van der Waals surface area contributed by atoms with Gasteiger partial charge >= 0.3 is 0 Å². The molecule has 0 bridgehead atoms. The minimum absolute atomic E-state index is 0. The molecule has 2 unspecified atom stereocenters. The van der Waals surface area contributed by atoms with Crippen molar-refractivity contribution in [2.24, 2.45) is 16.3 Å². The molecular formula is C17H36IN3O2S. The second-order valence-electron chi connectivity index (χ2n) is 7.75. The third-order valence-corrected chi connectivity index (χ3v) is 5.75. The molecule has 0 radical (unpaired) electrons. The highest BCUT2D eigenvalue weighted by Crippen LogP contribution is 2.26. The Kier molecular flexibility index (Phi) is 10.8. The number of guanidine groups is 1. The Morgan fingerprint density at radius 3 is 2.50 bits per heavy atom. The number of aliphatic imine (C=N–C) groups is 1. The highest BCUT2D eigenvalue weighted by atomic mass is 127. The highest BCUT2D eigenvalue weighted by Gasteiger charge is 2.23. The lowest BCUT2D eigenvalue weighted by atomic mass is 9.84. The predicted octanol–water partition coefficient (Wildman–Crippen LogP) is 3.20. The lowest BCUT2D eigenvalue weighted by Crippen LogP contribution is -2.47. The number of nitrogens with zero attached hydrogens (tertiary/aromatic N) is 1. The van der Waals surface area contributed by atoms with E-state index in [1.807, 2.05) is 0 Å². The molecule has 2 atom stereocenters. The lowest BCUT2D eigenvalue weighted by Gasteiger charge is -2.31. The zero-order valence-corrected chi connectivity index (χ0v) is 19.0. The van der Waals surface area contributed by atoms with Crippen LogP contribution in [0.1, 0.15) is 59.3 Å². The topological polar surface area (TPSA) is 70.6 Å². The molecule has 0 spiro atoms. The molecule has 1 aliphatic carbocycles. The lowest BCUT2D eigenvalue weighted by molar-refractivity contribution is 0.296. The maximum atomic E-state index is 11.3. The van der Waals surface area contributed by atoms with E-state index in [2.05, 4.69) is 36.4 Å². The van der Waals surface area contributed by atoms with E-state index in [0.29, 0.717) is 19.0 Å². The van der Waals surface area contributed by atoms with Crippen LogP contribution in [0.15, 0.2) is 4.99 Å². The maximum absolute atomic E-state index is 11.3. The Balaban J connectivity index is 0.00000529. The largest absolute Gasteiger partial charge is 0.356 e. The van der Waals surface area contributed by atoms with Gasteiger partial charge in [-0.15, -0.1) is 24.0 Å². The van der Waals surface area contributed by atoms with Crippen molar-refractivity contribution >= 4 is 39.8 Å².